The van der Waals surface area contributed by atoms with Crippen molar-refractivity contribution < 1.29 is 4.79 Å². The molecule has 0 aliphatic rings. The number of anilines is 2. The van der Waals surface area contributed by atoms with Gasteiger partial charge in [0.2, 0.25) is 11.9 Å². The second kappa shape index (κ2) is 6.75. The molecule has 0 saturated heterocycles. The second-order valence-electron chi connectivity index (χ2n) is 4.44. The molecular formula is C11H20N6O. The molecule has 7 nitrogen and oxygen atoms in total. The normalized spacial score (nSPS) is 10.3. The molecule has 0 aliphatic heterocycles. The Morgan fingerprint density at radius 3 is 2.89 bits per heavy atom. The highest BCUT2D eigenvalue weighted by molar-refractivity contribution is 5.80. The summed E-state index contributed by atoms with van der Waals surface area (Å²) in [4.78, 5) is 21.4. The monoisotopic (exact) mass is 252 g/mol. The average molecular weight is 252 g/mol. The predicted molar refractivity (Wildman–Crippen MR) is 71.0 cm³/mol. The average Bonchev–Trinajstić information content (AvgIpc) is 2.36. The quantitative estimate of drug-likeness (QED) is 0.486. The van der Waals surface area contributed by atoms with Crippen LogP contribution in [0, 0.1) is 5.92 Å². The summed E-state index contributed by atoms with van der Waals surface area (Å²) in [5.41, 5.74) is 2.37. The lowest BCUT2D eigenvalue weighted by molar-refractivity contribution is -0.119. The first kappa shape index (κ1) is 14.2. The number of rotatable bonds is 6. The van der Waals surface area contributed by atoms with Crippen molar-refractivity contribution in [3.05, 3.63) is 12.3 Å². The number of hydrazine groups is 1. The number of carbonyl (C=O) groups excluding carboxylic acids is 1. The molecule has 0 aromatic carbocycles. The van der Waals surface area contributed by atoms with Gasteiger partial charge in [-0.25, -0.2) is 10.8 Å². The van der Waals surface area contributed by atoms with Crippen molar-refractivity contribution in [2.45, 2.75) is 13.8 Å². The van der Waals surface area contributed by atoms with Gasteiger partial charge in [-0.3, -0.25) is 10.2 Å². The molecule has 1 aromatic heterocycles. The fraction of sp³-hybridized carbons (Fsp3) is 0.545. The molecule has 4 N–H and O–H groups in total. The Morgan fingerprint density at radius 2 is 2.28 bits per heavy atom. The van der Waals surface area contributed by atoms with E-state index in [9.17, 15) is 4.79 Å². The molecule has 1 heterocycles. The number of nitrogen functional groups attached to an aromatic ring is 1. The van der Waals surface area contributed by atoms with Gasteiger partial charge < -0.3 is 10.2 Å². The third-order valence-electron chi connectivity index (χ3n) is 2.25. The molecule has 0 bridgehead atoms. The van der Waals surface area contributed by atoms with Gasteiger partial charge in [-0.2, -0.15) is 4.98 Å². The zero-order valence-electron chi connectivity index (χ0n) is 11.0. The molecular weight excluding hydrogens is 232 g/mol. The molecule has 18 heavy (non-hydrogen) atoms. The van der Waals surface area contributed by atoms with Gasteiger partial charge in [-0.15, -0.1) is 0 Å². The molecule has 0 spiro atoms. The van der Waals surface area contributed by atoms with E-state index in [2.05, 4.69) is 20.7 Å². The molecule has 0 radical (unpaired) electrons. The first-order chi connectivity index (χ1) is 8.52. The van der Waals surface area contributed by atoms with Crippen molar-refractivity contribution >= 4 is 17.7 Å². The van der Waals surface area contributed by atoms with E-state index in [1.54, 1.807) is 24.2 Å². The maximum atomic E-state index is 11.6. The van der Waals surface area contributed by atoms with Gasteiger partial charge in [0.15, 0.2) is 0 Å². The number of hydrogen-bond donors (Lipinski definition) is 3. The van der Waals surface area contributed by atoms with E-state index < -0.39 is 0 Å². The second-order valence-corrected chi connectivity index (χ2v) is 4.44. The molecule has 1 rings (SSSR count). The fourth-order valence-electron chi connectivity index (χ4n) is 1.30. The van der Waals surface area contributed by atoms with Crippen molar-refractivity contribution in [3.8, 4) is 0 Å². The van der Waals surface area contributed by atoms with Crippen LogP contribution in [0.5, 0.6) is 0 Å². The van der Waals surface area contributed by atoms with Crippen LogP contribution in [0.2, 0.25) is 0 Å². The zero-order valence-corrected chi connectivity index (χ0v) is 11.0. The number of amides is 1. The number of aromatic nitrogens is 2. The Kier molecular flexibility index (Phi) is 5.31. The van der Waals surface area contributed by atoms with Crippen LogP contribution < -0.4 is 21.5 Å². The Labute approximate surface area is 107 Å². The van der Waals surface area contributed by atoms with Crippen LogP contribution in [0.1, 0.15) is 13.8 Å². The maximum Gasteiger partial charge on any atom is 0.239 e. The van der Waals surface area contributed by atoms with Gasteiger partial charge >= 0.3 is 0 Å². The topological polar surface area (TPSA) is 96.2 Å². The molecule has 0 aliphatic carbocycles. The molecule has 7 heteroatoms. The van der Waals surface area contributed by atoms with Crippen LogP contribution in [-0.4, -0.2) is 36.0 Å². The van der Waals surface area contributed by atoms with Crippen LogP contribution in [0.15, 0.2) is 12.3 Å². The highest BCUT2D eigenvalue weighted by Gasteiger charge is 2.09. The van der Waals surface area contributed by atoms with Gasteiger partial charge in [0.05, 0.1) is 6.54 Å². The van der Waals surface area contributed by atoms with Crippen LogP contribution in [0.3, 0.4) is 0 Å². The lowest BCUT2D eigenvalue weighted by Crippen LogP contribution is -2.37. The van der Waals surface area contributed by atoms with E-state index in [0.29, 0.717) is 24.2 Å². The van der Waals surface area contributed by atoms with Gasteiger partial charge in [0, 0.05) is 19.8 Å². The molecule has 1 amide bonds. The van der Waals surface area contributed by atoms with Crippen LogP contribution in [0.25, 0.3) is 0 Å². The molecule has 0 unspecified atom stereocenters. The van der Waals surface area contributed by atoms with Crippen molar-refractivity contribution in [2.24, 2.45) is 11.8 Å². The van der Waals surface area contributed by atoms with Crippen molar-refractivity contribution in [3.63, 3.8) is 0 Å². The van der Waals surface area contributed by atoms with Crippen molar-refractivity contribution in [1.82, 2.24) is 15.3 Å². The summed E-state index contributed by atoms with van der Waals surface area (Å²) >= 11 is 0. The molecule has 1 aromatic rings. The van der Waals surface area contributed by atoms with Gasteiger partial charge in [0.1, 0.15) is 5.82 Å². The van der Waals surface area contributed by atoms with Gasteiger partial charge in [-0.05, 0) is 12.0 Å². The van der Waals surface area contributed by atoms with Gasteiger partial charge in [0.25, 0.3) is 0 Å². The summed E-state index contributed by atoms with van der Waals surface area (Å²) in [5, 5.41) is 2.85. The summed E-state index contributed by atoms with van der Waals surface area (Å²) in [7, 11) is 1.79. The lowest BCUT2D eigenvalue weighted by atomic mass is 10.2. The number of carbonyl (C=O) groups is 1. The SMILES string of the molecule is CC(C)CNC(=O)CN(C)c1ccnc(NN)n1. The van der Waals surface area contributed by atoms with E-state index in [4.69, 9.17) is 5.84 Å². The predicted octanol–water partition coefficient (Wildman–Crippen LogP) is -0.0294. The Morgan fingerprint density at radius 1 is 1.56 bits per heavy atom. The Hall–Kier alpha value is -1.89. The summed E-state index contributed by atoms with van der Waals surface area (Å²) in [6.07, 6.45) is 1.58. The van der Waals surface area contributed by atoms with Crippen molar-refractivity contribution in [2.75, 3.05) is 30.5 Å². The Bertz CT molecular complexity index is 395. The summed E-state index contributed by atoms with van der Waals surface area (Å²) < 4.78 is 0. The van der Waals surface area contributed by atoms with Gasteiger partial charge in [-0.1, -0.05) is 13.8 Å². The van der Waals surface area contributed by atoms with Crippen molar-refractivity contribution in [1.29, 1.82) is 0 Å². The van der Waals surface area contributed by atoms with Crippen LogP contribution in [0.4, 0.5) is 11.8 Å². The van der Waals surface area contributed by atoms with Crippen LogP contribution >= 0.6 is 0 Å². The fourth-order valence-corrected chi connectivity index (χ4v) is 1.30. The minimum absolute atomic E-state index is 0.0351. The molecule has 100 valence electrons. The summed E-state index contributed by atoms with van der Waals surface area (Å²) in [6.45, 7) is 5.01. The van der Waals surface area contributed by atoms with E-state index in [1.165, 1.54) is 0 Å². The lowest BCUT2D eigenvalue weighted by Gasteiger charge is -2.18. The maximum absolute atomic E-state index is 11.6. The summed E-state index contributed by atoms with van der Waals surface area (Å²) in [5.74, 6) is 6.59. The first-order valence-electron chi connectivity index (χ1n) is 5.80. The summed E-state index contributed by atoms with van der Waals surface area (Å²) in [6, 6.07) is 1.72. The van der Waals surface area contributed by atoms with E-state index in [-0.39, 0.29) is 12.5 Å². The minimum Gasteiger partial charge on any atom is -0.354 e. The number of likely N-dealkylation sites (N-methyl/N-ethyl adjacent to an activating group) is 1. The van der Waals surface area contributed by atoms with E-state index in [0.717, 1.165) is 0 Å². The largest absolute Gasteiger partial charge is 0.354 e. The smallest absolute Gasteiger partial charge is 0.239 e. The number of nitrogens with one attached hydrogen (secondary N) is 2. The highest BCUT2D eigenvalue weighted by Crippen LogP contribution is 2.08. The first-order valence-corrected chi connectivity index (χ1v) is 5.80. The zero-order chi connectivity index (χ0) is 13.5. The van der Waals surface area contributed by atoms with Crippen LogP contribution in [-0.2, 0) is 4.79 Å². The minimum atomic E-state index is -0.0351. The molecule has 0 fully saturated rings. The third-order valence-corrected chi connectivity index (χ3v) is 2.25. The number of nitrogens with zero attached hydrogens (tertiary/aromatic N) is 3. The number of hydrogen-bond acceptors (Lipinski definition) is 6. The van der Waals surface area contributed by atoms with E-state index in [1.807, 2.05) is 13.8 Å². The highest BCUT2D eigenvalue weighted by atomic mass is 16.2. The standard InChI is InChI=1S/C11H20N6O/c1-8(2)6-14-10(18)7-17(3)9-4-5-13-11(15-9)16-12/h4-5,8H,6-7,12H2,1-3H3,(H,14,18)(H,13,15,16). The third kappa shape index (κ3) is 4.54. The molecule has 0 saturated carbocycles. The Balaban J connectivity index is 2.53. The number of nitrogens with two attached hydrogens (primary N) is 1. The van der Waals surface area contributed by atoms with E-state index >= 15 is 0 Å². The molecule has 0 atom stereocenters.